The monoisotopic (exact) mass is 294 g/mol. The summed E-state index contributed by atoms with van der Waals surface area (Å²) in [5.74, 6) is 0.238. The molecule has 1 N–H and O–H groups in total. The zero-order valence-corrected chi connectivity index (χ0v) is 12.9. The molecular weight excluding hydrogens is 272 g/mol. The van der Waals surface area contributed by atoms with Gasteiger partial charge in [0.25, 0.3) is 0 Å². The number of sulfone groups is 1. The Labute approximate surface area is 120 Å². The van der Waals surface area contributed by atoms with Gasteiger partial charge in [-0.1, -0.05) is 25.1 Å². The van der Waals surface area contributed by atoms with Gasteiger partial charge in [0, 0.05) is 25.5 Å². The Morgan fingerprint density at radius 3 is 2.75 bits per heavy atom. The van der Waals surface area contributed by atoms with Crippen molar-refractivity contribution in [2.45, 2.75) is 26.4 Å². The topological polar surface area (TPSA) is 51.1 Å². The van der Waals surface area contributed by atoms with Crippen molar-refractivity contribution in [3.05, 3.63) is 36.0 Å². The number of fused-ring (bicyclic) bond motifs is 1. The molecule has 0 bridgehead atoms. The molecule has 0 aliphatic heterocycles. The van der Waals surface area contributed by atoms with E-state index in [9.17, 15) is 8.42 Å². The highest BCUT2D eigenvalue weighted by Gasteiger charge is 2.07. The lowest BCUT2D eigenvalue weighted by molar-refractivity contribution is 0.593. The fraction of sp³-hybridized carbons (Fsp3) is 0.467. The number of hydrogen-bond acceptors (Lipinski definition) is 3. The molecule has 0 radical (unpaired) electrons. The molecular formula is C15H22N2O2S. The standard InChI is InChI=1S/C15H22N2O2S/c1-3-16-12-14-7-4-6-13-8-10-17(15(13)14)9-5-11-20(2,18)19/h4,6-8,10,16H,3,5,9,11-12H2,1-2H3. The summed E-state index contributed by atoms with van der Waals surface area (Å²) >= 11 is 0. The molecule has 0 saturated carbocycles. The van der Waals surface area contributed by atoms with Crippen molar-refractivity contribution in [3.63, 3.8) is 0 Å². The summed E-state index contributed by atoms with van der Waals surface area (Å²) in [6.07, 6.45) is 3.98. The molecule has 110 valence electrons. The Hall–Kier alpha value is -1.33. The maximum Gasteiger partial charge on any atom is 0.147 e. The van der Waals surface area contributed by atoms with Gasteiger partial charge in [-0.05, 0) is 30.0 Å². The Morgan fingerprint density at radius 1 is 1.25 bits per heavy atom. The van der Waals surface area contributed by atoms with Gasteiger partial charge in [0.15, 0.2) is 0 Å². The molecule has 1 aromatic heterocycles. The molecule has 0 saturated heterocycles. The fourth-order valence-corrected chi connectivity index (χ4v) is 3.08. The molecule has 0 aliphatic carbocycles. The van der Waals surface area contributed by atoms with Crippen molar-refractivity contribution in [1.29, 1.82) is 0 Å². The molecule has 0 unspecified atom stereocenters. The molecule has 5 heteroatoms. The van der Waals surface area contributed by atoms with Crippen LogP contribution in [0.4, 0.5) is 0 Å². The average molecular weight is 294 g/mol. The highest BCUT2D eigenvalue weighted by molar-refractivity contribution is 7.90. The predicted molar refractivity (Wildman–Crippen MR) is 83.6 cm³/mol. The Bertz CT molecular complexity index is 674. The molecule has 4 nitrogen and oxygen atoms in total. The second-order valence-electron chi connectivity index (χ2n) is 5.13. The Balaban J connectivity index is 2.20. The first-order valence-corrected chi connectivity index (χ1v) is 9.02. The first kappa shape index (κ1) is 15.1. The first-order valence-electron chi connectivity index (χ1n) is 6.96. The lowest BCUT2D eigenvalue weighted by Gasteiger charge is -2.10. The van der Waals surface area contributed by atoms with Crippen LogP contribution >= 0.6 is 0 Å². The average Bonchev–Trinajstić information content (AvgIpc) is 2.79. The zero-order valence-electron chi connectivity index (χ0n) is 12.1. The number of nitrogens with zero attached hydrogens (tertiary/aromatic N) is 1. The molecule has 0 atom stereocenters. The number of rotatable bonds is 7. The third kappa shape index (κ3) is 3.84. The quantitative estimate of drug-likeness (QED) is 0.851. The number of aryl methyl sites for hydroxylation is 1. The molecule has 20 heavy (non-hydrogen) atoms. The second kappa shape index (κ2) is 6.41. The van der Waals surface area contributed by atoms with Crippen LogP contribution in [0.5, 0.6) is 0 Å². The SMILES string of the molecule is CCNCc1cccc2ccn(CCCS(C)(=O)=O)c12. The maximum atomic E-state index is 11.2. The van der Waals surface area contributed by atoms with Crippen molar-refractivity contribution in [3.8, 4) is 0 Å². The van der Waals surface area contributed by atoms with E-state index in [-0.39, 0.29) is 5.75 Å². The second-order valence-corrected chi connectivity index (χ2v) is 7.39. The van der Waals surface area contributed by atoms with Gasteiger partial charge in [0.05, 0.1) is 11.3 Å². The molecule has 0 spiro atoms. The van der Waals surface area contributed by atoms with Crippen LogP contribution in [0.25, 0.3) is 10.9 Å². The molecule has 2 rings (SSSR count). The largest absolute Gasteiger partial charge is 0.347 e. The van der Waals surface area contributed by atoms with Crippen LogP contribution in [0.1, 0.15) is 18.9 Å². The Morgan fingerprint density at radius 2 is 2.05 bits per heavy atom. The lowest BCUT2D eigenvalue weighted by Crippen LogP contribution is -2.13. The van der Waals surface area contributed by atoms with E-state index in [4.69, 9.17) is 0 Å². The van der Waals surface area contributed by atoms with Crippen LogP contribution in [-0.2, 0) is 22.9 Å². The molecule has 1 aromatic carbocycles. The van der Waals surface area contributed by atoms with Crippen molar-refractivity contribution in [2.75, 3.05) is 18.6 Å². The third-order valence-corrected chi connectivity index (χ3v) is 4.38. The highest BCUT2D eigenvalue weighted by Crippen LogP contribution is 2.20. The highest BCUT2D eigenvalue weighted by atomic mass is 32.2. The van der Waals surface area contributed by atoms with E-state index in [0.29, 0.717) is 6.42 Å². The minimum atomic E-state index is -2.88. The van der Waals surface area contributed by atoms with Gasteiger partial charge in [-0.15, -0.1) is 0 Å². The number of nitrogens with one attached hydrogen (secondary N) is 1. The van der Waals surface area contributed by atoms with Crippen molar-refractivity contribution in [1.82, 2.24) is 9.88 Å². The van der Waals surface area contributed by atoms with E-state index in [2.05, 4.69) is 41.1 Å². The molecule has 2 aromatic rings. The summed E-state index contributed by atoms with van der Waals surface area (Å²) in [4.78, 5) is 0. The van der Waals surface area contributed by atoms with Crippen LogP contribution in [0, 0.1) is 0 Å². The number of benzene rings is 1. The zero-order chi connectivity index (χ0) is 14.6. The van der Waals surface area contributed by atoms with E-state index < -0.39 is 9.84 Å². The minimum absolute atomic E-state index is 0.238. The number of hydrogen-bond donors (Lipinski definition) is 1. The molecule has 0 fully saturated rings. The van der Waals surface area contributed by atoms with Crippen LogP contribution in [0.2, 0.25) is 0 Å². The van der Waals surface area contributed by atoms with E-state index in [0.717, 1.165) is 19.6 Å². The van der Waals surface area contributed by atoms with Gasteiger partial charge < -0.3 is 9.88 Å². The number of aromatic nitrogens is 1. The fourth-order valence-electron chi connectivity index (χ4n) is 2.43. The van der Waals surface area contributed by atoms with Crippen molar-refractivity contribution in [2.24, 2.45) is 0 Å². The summed E-state index contributed by atoms with van der Waals surface area (Å²) < 4.78 is 24.6. The molecule has 0 amide bonds. The number of para-hydroxylation sites is 1. The van der Waals surface area contributed by atoms with E-state index >= 15 is 0 Å². The van der Waals surface area contributed by atoms with Crippen LogP contribution < -0.4 is 5.32 Å². The summed E-state index contributed by atoms with van der Waals surface area (Å²) in [5.41, 5.74) is 2.47. The maximum absolute atomic E-state index is 11.2. The van der Waals surface area contributed by atoms with Gasteiger partial charge >= 0.3 is 0 Å². The van der Waals surface area contributed by atoms with Crippen molar-refractivity contribution < 1.29 is 8.42 Å². The van der Waals surface area contributed by atoms with E-state index in [1.807, 2.05) is 6.20 Å². The normalized spacial score (nSPS) is 12.1. The molecule has 1 heterocycles. The minimum Gasteiger partial charge on any atom is -0.347 e. The Kier molecular flexibility index (Phi) is 4.83. The van der Waals surface area contributed by atoms with Gasteiger partial charge in [0.2, 0.25) is 0 Å². The van der Waals surface area contributed by atoms with Crippen LogP contribution in [0.15, 0.2) is 30.5 Å². The van der Waals surface area contributed by atoms with Gasteiger partial charge in [-0.2, -0.15) is 0 Å². The smallest absolute Gasteiger partial charge is 0.147 e. The third-order valence-electron chi connectivity index (χ3n) is 3.35. The predicted octanol–water partition coefficient (Wildman–Crippen LogP) is 2.19. The summed E-state index contributed by atoms with van der Waals surface area (Å²) in [6.45, 7) is 4.60. The van der Waals surface area contributed by atoms with Crippen molar-refractivity contribution >= 4 is 20.7 Å². The summed E-state index contributed by atoms with van der Waals surface area (Å²) in [7, 11) is -2.88. The molecule has 0 aliphatic rings. The summed E-state index contributed by atoms with van der Waals surface area (Å²) in [6, 6.07) is 8.37. The van der Waals surface area contributed by atoms with E-state index in [1.165, 1.54) is 22.7 Å². The lowest BCUT2D eigenvalue weighted by atomic mass is 10.1. The van der Waals surface area contributed by atoms with Gasteiger partial charge in [-0.3, -0.25) is 0 Å². The van der Waals surface area contributed by atoms with E-state index in [1.54, 1.807) is 0 Å². The van der Waals surface area contributed by atoms with Gasteiger partial charge in [0.1, 0.15) is 9.84 Å². The van der Waals surface area contributed by atoms with Gasteiger partial charge in [-0.25, -0.2) is 8.42 Å². The van der Waals surface area contributed by atoms with Crippen LogP contribution in [0.3, 0.4) is 0 Å². The van der Waals surface area contributed by atoms with Crippen LogP contribution in [-0.4, -0.2) is 31.5 Å². The first-order chi connectivity index (χ1) is 9.51. The summed E-state index contributed by atoms with van der Waals surface area (Å²) in [5, 5.41) is 4.55.